The molecule has 1 aliphatic carbocycles. The number of fused-ring (bicyclic) bond motifs is 1. The van der Waals surface area contributed by atoms with Gasteiger partial charge in [0.05, 0.1) is 18.8 Å². The fraction of sp³-hybridized carbons (Fsp3) is 0.667. The number of ether oxygens (including phenoxy) is 1. The number of nitrogens with two attached hydrogens (primary N) is 1. The van der Waals surface area contributed by atoms with Crippen molar-refractivity contribution in [2.45, 2.75) is 38.0 Å². The Hall–Kier alpha value is -1.56. The Kier molecular flexibility index (Phi) is 2.95. The van der Waals surface area contributed by atoms with E-state index in [1.807, 2.05) is 4.90 Å². The van der Waals surface area contributed by atoms with Crippen molar-refractivity contribution in [1.82, 2.24) is 14.7 Å². The highest BCUT2D eigenvalue weighted by molar-refractivity contribution is 5.76. The van der Waals surface area contributed by atoms with E-state index in [4.69, 9.17) is 10.5 Å². The number of carbonyl (C=O) groups is 1. The highest BCUT2D eigenvalue weighted by Gasteiger charge is 2.38. The normalized spacial score (nSPS) is 27.2. The van der Waals surface area contributed by atoms with E-state index >= 15 is 0 Å². The Morgan fingerprint density at radius 2 is 2.44 bits per heavy atom. The summed E-state index contributed by atoms with van der Waals surface area (Å²) in [6.45, 7) is 1.60. The fourth-order valence-corrected chi connectivity index (χ4v) is 2.93. The molecular formula is C12H18N4O2. The van der Waals surface area contributed by atoms with Crippen LogP contribution in [0, 0.1) is 0 Å². The van der Waals surface area contributed by atoms with Crippen LogP contribution in [0.3, 0.4) is 0 Å². The zero-order valence-electron chi connectivity index (χ0n) is 10.3. The smallest absolute Gasteiger partial charge is 0.244 e. The van der Waals surface area contributed by atoms with E-state index in [2.05, 4.69) is 5.10 Å². The molecule has 1 saturated heterocycles. The first-order chi connectivity index (χ1) is 8.74. The second-order valence-electron chi connectivity index (χ2n) is 4.93. The van der Waals surface area contributed by atoms with Gasteiger partial charge in [-0.15, -0.1) is 0 Å². The highest BCUT2D eigenvalue weighted by Crippen LogP contribution is 2.29. The number of amides is 1. The number of hydrogen-bond acceptors (Lipinski definition) is 4. The molecule has 18 heavy (non-hydrogen) atoms. The summed E-state index contributed by atoms with van der Waals surface area (Å²) in [6.07, 6.45) is 5.25. The highest BCUT2D eigenvalue weighted by atomic mass is 16.5. The van der Waals surface area contributed by atoms with Gasteiger partial charge in [0.2, 0.25) is 5.91 Å². The summed E-state index contributed by atoms with van der Waals surface area (Å²) in [6, 6.07) is 1.96. The van der Waals surface area contributed by atoms with Crippen LogP contribution in [0.5, 0.6) is 0 Å². The van der Waals surface area contributed by atoms with Crippen LogP contribution in [0.25, 0.3) is 0 Å². The molecule has 1 aliphatic heterocycles. The standard InChI is InChI=1S/C12H18N4O2/c13-11-4-5-15(14-11)8-12(17)16-6-7-18-10-3-1-2-9(10)16/h4-5,9-10H,1-3,6-8H2,(H2,13,14). The van der Waals surface area contributed by atoms with E-state index in [9.17, 15) is 4.79 Å². The van der Waals surface area contributed by atoms with Gasteiger partial charge in [0, 0.05) is 12.7 Å². The molecule has 0 radical (unpaired) electrons. The minimum Gasteiger partial charge on any atom is -0.382 e. The van der Waals surface area contributed by atoms with Crippen LogP contribution < -0.4 is 5.73 Å². The van der Waals surface area contributed by atoms with Crippen LogP contribution in [0.4, 0.5) is 5.82 Å². The quantitative estimate of drug-likeness (QED) is 0.816. The summed E-state index contributed by atoms with van der Waals surface area (Å²) in [5.41, 5.74) is 5.54. The second kappa shape index (κ2) is 4.61. The minimum absolute atomic E-state index is 0.110. The van der Waals surface area contributed by atoms with Gasteiger partial charge in [0.15, 0.2) is 0 Å². The van der Waals surface area contributed by atoms with Crippen LogP contribution in [0.15, 0.2) is 12.3 Å². The van der Waals surface area contributed by atoms with Gasteiger partial charge < -0.3 is 15.4 Å². The van der Waals surface area contributed by atoms with Crippen LogP contribution in [0.2, 0.25) is 0 Å². The summed E-state index contributed by atoms with van der Waals surface area (Å²) in [4.78, 5) is 14.2. The molecule has 2 unspecified atom stereocenters. The van der Waals surface area contributed by atoms with Crippen molar-refractivity contribution < 1.29 is 9.53 Å². The van der Waals surface area contributed by atoms with Crippen molar-refractivity contribution in [3.05, 3.63) is 12.3 Å². The number of aromatic nitrogens is 2. The predicted octanol–water partition coefficient (Wildman–Crippen LogP) is 0.245. The predicted molar refractivity (Wildman–Crippen MR) is 65.7 cm³/mol. The molecule has 0 bridgehead atoms. The van der Waals surface area contributed by atoms with Gasteiger partial charge in [0.25, 0.3) is 0 Å². The molecule has 2 N–H and O–H groups in total. The minimum atomic E-state index is 0.110. The summed E-state index contributed by atoms with van der Waals surface area (Å²) >= 11 is 0. The lowest BCUT2D eigenvalue weighted by atomic mass is 10.1. The SMILES string of the molecule is Nc1ccn(CC(=O)N2CCOC3CCCC32)n1. The maximum absolute atomic E-state index is 12.3. The van der Waals surface area contributed by atoms with Crippen LogP contribution in [-0.4, -0.2) is 45.9 Å². The molecule has 1 aromatic rings. The van der Waals surface area contributed by atoms with Crippen molar-refractivity contribution in [3.63, 3.8) is 0 Å². The number of morpholine rings is 1. The van der Waals surface area contributed by atoms with Crippen molar-refractivity contribution in [2.24, 2.45) is 0 Å². The Morgan fingerprint density at radius 1 is 1.56 bits per heavy atom. The maximum Gasteiger partial charge on any atom is 0.244 e. The lowest BCUT2D eigenvalue weighted by Gasteiger charge is -2.37. The monoisotopic (exact) mass is 250 g/mol. The zero-order chi connectivity index (χ0) is 12.5. The zero-order valence-corrected chi connectivity index (χ0v) is 10.3. The van der Waals surface area contributed by atoms with E-state index < -0.39 is 0 Å². The Balaban J connectivity index is 1.68. The molecule has 3 rings (SSSR count). The topological polar surface area (TPSA) is 73.4 Å². The van der Waals surface area contributed by atoms with E-state index in [1.54, 1.807) is 16.9 Å². The number of rotatable bonds is 2. The van der Waals surface area contributed by atoms with Crippen molar-refractivity contribution >= 4 is 11.7 Å². The maximum atomic E-state index is 12.3. The first-order valence-corrected chi connectivity index (χ1v) is 6.44. The van der Waals surface area contributed by atoms with Crippen molar-refractivity contribution in [1.29, 1.82) is 0 Å². The molecular weight excluding hydrogens is 232 g/mol. The second-order valence-corrected chi connectivity index (χ2v) is 4.93. The van der Waals surface area contributed by atoms with Crippen LogP contribution in [-0.2, 0) is 16.1 Å². The lowest BCUT2D eigenvalue weighted by molar-refractivity contribution is -0.144. The van der Waals surface area contributed by atoms with Crippen molar-refractivity contribution in [3.8, 4) is 0 Å². The molecule has 2 fully saturated rings. The van der Waals surface area contributed by atoms with Gasteiger partial charge in [-0.05, 0) is 25.3 Å². The average molecular weight is 250 g/mol. The summed E-state index contributed by atoms with van der Waals surface area (Å²) in [5, 5.41) is 4.05. The van der Waals surface area contributed by atoms with Gasteiger partial charge in [-0.2, -0.15) is 5.10 Å². The Bertz CT molecular complexity index is 445. The third-order valence-electron chi connectivity index (χ3n) is 3.76. The molecule has 2 aliphatic rings. The van der Waals surface area contributed by atoms with Gasteiger partial charge in [0.1, 0.15) is 12.4 Å². The first-order valence-electron chi connectivity index (χ1n) is 6.44. The van der Waals surface area contributed by atoms with Gasteiger partial charge in [-0.3, -0.25) is 9.48 Å². The molecule has 0 aromatic carbocycles. The van der Waals surface area contributed by atoms with E-state index in [0.29, 0.717) is 19.0 Å². The Morgan fingerprint density at radius 3 is 3.22 bits per heavy atom. The number of nitrogens with zero attached hydrogens (tertiary/aromatic N) is 3. The third-order valence-corrected chi connectivity index (χ3v) is 3.76. The van der Waals surface area contributed by atoms with Gasteiger partial charge >= 0.3 is 0 Å². The molecule has 2 heterocycles. The molecule has 1 saturated carbocycles. The lowest BCUT2D eigenvalue weighted by Crippen LogP contribution is -2.52. The summed E-state index contributed by atoms with van der Waals surface area (Å²) < 4.78 is 7.29. The van der Waals surface area contributed by atoms with Gasteiger partial charge in [-0.1, -0.05) is 0 Å². The average Bonchev–Trinajstić information content (AvgIpc) is 2.97. The number of hydrogen-bond donors (Lipinski definition) is 1. The Labute approximate surface area is 106 Å². The van der Waals surface area contributed by atoms with E-state index in [1.165, 1.54) is 0 Å². The molecule has 6 heteroatoms. The van der Waals surface area contributed by atoms with E-state index in [-0.39, 0.29) is 24.6 Å². The summed E-state index contributed by atoms with van der Waals surface area (Å²) in [5.74, 6) is 0.557. The third kappa shape index (κ3) is 2.08. The number of nitrogen functional groups attached to an aromatic ring is 1. The molecule has 1 aromatic heterocycles. The molecule has 1 amide bonds. The largest absolute Gasteiger partial charge is 0.382 e. The van der Waals surface area contributed by atoms with E-state index in [0.717, 1.165) is 19.3 Å². The number of anilines is 1. The van der Waals surface area contributed by atoms with Crippen LogP contribution >= 0.6 is 0 Å². The van der Waals surface area contributed by atoms with Crippen molar-refractivity contribution in [2.75, 3.05) is 18.9 Å². The first kappa shape index (κ1) is 11.5. The molecule has 6 nitrogen and oxygen atoms in total. The van der Waals surface area contributed by atoms with Crippen LogP contribution in [0.1, 0.15) is 19.3 Å². The van der Waals surface area contributed by atoms with Gasteiger partial charge in [-0.25, -0.2) is 0 Å². The molecule has 98 valence electrons. The summed E-state index contributed by atoms with van der Waals surface area (Å²) in [7, 11) is 0. The molecule has 0 spiro atoms. The number of carbonyl (C=O) groups excluding carboxylic acids is 1. The fourth-order valence-electron chi connectivity index (χ4n) is 2.93. The molecule has 2 atom stereocenters.